The van der Waals surface area contributed by atoms with Gasteiger partial charge in [0.1, 0.15) is 0 Å². The Bertz CT molecular complexity index is 95.1. The van der Waals surface area contributed by atoms with Gasteiger partial charge in [0.05, 0.1) is 11.0 Å². The molecule has 0 aliphatic heterocycles. The van der Waals surface area contributed by atoms with Crippen molar-refractivity contribution in [1.82, 2.24) is 4.72 Å². The van der Waals surface area contributed by atoms with E-state index in [0.717, 1.165) is 0 Å². The van der Waals surface area contributed by atoms with Crippen molar-refractivity contribution in [2.24, 2.45) is 0 Å². The standard InChI is InChI=1S/C5H13NOS/c1-5(2,3)6-8(4)7/h6H,1-4H3. The molecule has 0 saturated carbocycles. The second-order valence-electron chi connectivity index (χ2n) is 2.81. The number of nitrogens with one attached hydrogen (secondary N) is 1. The average molecular weight is 135 g/mol. The summed E-state index contributed by atoms with van der Waals surface area (Å²) in [5, 5.41) is 0. The molecule has 0 spiro atoms. The van der Waals surface area contributed by atoms with E-state index in [1.807, 2.05) is 20.8 Å². The summed E-state index contributed by atoms with van der Waals surface area (Å²) in [6.07, 6.45) is 1.63. The van der Waals surface area contributed by atoms with E-state index in [-0.39, 0.29) is 5.54 Å². The van der Waals surface area contributed by atoms with Gasteiger partial charge in [0.2, 0.25) is 0 Å². The predicted octanol–water partition coefficient (Wildman–Crippen LogP) is 0.668. The van der Waals surface area contributed by atoms with Crippen molar-refractivity contribution < 1.29 is 4.21 Å². The summed E-state index contributed by atoms with van der Waals surface area (Å²) in [7, 11) is -0.885. The molecule has 8 heavy (non-hydrogen) atoms. The number of hydrogen-bond acceptors (Lipinski definition) is 1. The van der Waals surface area contributed by atoms with Crippen molar-refractivity contribution in [3.8, 4) is 0 Å². The maximum atomic E-state index is 10.5. The summed E-state index contributed by atoms with van der Waals surface area (Å²) in [5.41, 5.74) is -0.0282. The molecule has 50 valence electrons. The van der Waals surface area contributed by atoms with Gasteiger partial charge in [-0.1, -0.05) is 0 Å². The molecule has 0 rings (SSSR count). The Morgan fingerprint density at radius 2 is 1.75 bits per heavy atom. The van der Waals surface area contributed by atoms with Crippen LogP contribution in [0.1, 0.15) is 20.8 Å². The lowest BCUT2D eigenvalue weighted by molar-refractivity contribution is 0.521. The van der Waals surface area contributed by atoms with Gasteiger partial charge < -0.3 is 0 Å². The van der Waals surface area contributed by atoms with E-state index in [1.165, 1.54) is 0 Å². The highest BCUT2D eigenvalue weighted by Gasteiger charge is 2.08. The van der Waals surface area contributed by atoms with Crippen LogP contribution < -0.4 is 4.72 Å². The summed E-state index contributed by atoms with van der Waals surface area (Å²) in [5.74, 6) is 0. The third kappa shape index (κ3) is 6.11. The molecule has 0 radical (unpaired) electrons. The Labute approximate surface area is 53.3 Å². The quantitative estimate of drug-likeness (QED) is 0.562. The van der Waals surface area contributed by atoms with E-state index in [2.05, 4.69) is 4.72 Å². The molecular formula is C5H13NOS. The van der Waals surface area contributed by atoms with Crippen LogP contribution in [0.2, 0.25) is 0 Å². The molecule has 0 aromatic carbocycles. The van der Waals surface area contributed by atoms with Gasteiger partial charge in [-0.05, 0) is 20.8 Å². The van der Waals surface area contributed by atoms with E-state index in [4.69, 9.17) is 0 Å². The van der Waals surface area contributed by atoms with Gasteiger partial charge in [-0.2, -0.15) is 0 Å². The lowest BCUT2D eigenvalue weighted by Crippen LogP contribution is -2.36. The molecule has 0 aliphatic carbocycles. The second-order valence-corrected chi connectivity index (χ2v) is 3.92. The van der Waals surface area contributed by atoms with Gasteiger partial charge in [-0.3, -0.25) is 0 Å². The van der Waals surface area contributed by atoms with Crippen LogP contribution in [0.25, 0.3) is 0 Å². The highest BCUT2D eigenvalue weighted by molar-refractivity contribution is 7.82. The Kier molecular flexibility index (Phi) is 2.63. The fourth-order valence-electron chi connectivity index (χ4n) is 0.431. The van der Waals surface area contributed by atoms with E-state index in [0.29, 0.717) is 0 Å². The Balaban J connectivity index is 3.55. The zero-order valence-electron chi connectivity index (χ0n) is 5.82. The zero-order valence-corrected chi connectivity index (χ0v) is 6.63. The summed E-state index contributed by atoms with van der Waals surface area (Å²) >= 11 is 0. The van der Waals surface area contributed by atoms with Gasteiger partial charge >= 0.3 is 0 Å². The molecule has 2 nitrogen and oxygen atoms in total. The molecule has 0 fully saturated rings. The Morgan fingerprint density at radius 1 is 1.38 bits per heavy atom. The van der Waals surface area contributed by atoms with Crippen LogP contribution in [-0.2, 0) is 11.0 Å². The lowest BCUT2D eigenvalue weighted by Gasteiger charge is -2.17. The Morgan fingerprint density at radius 3 is 1.75 bits per heavy atom. The van der Waals surface area contributed by atoms with Crippen molar-refractivity contribution in [3.63, 3.8) is 0 Å². The third-order valence-electron chi connectivity index (χ3n) is 0.450. The minimum absolute atomic E-state index is 0.0282. The summed E-state index contributed by atoms with van der Waals surface area (Å²) in [6, 6.07) is 0. The molecule has 0 aromatic rings. The molecule has 1 N–H and O–H groups in total. The van der Waals surface area contributed by atoms with Crippen molar-refractivity contribution >= 4 is 11.0 Å². The van der Waals surface area contributed by atoms with E-state index >= 15 is 0 Å². The monoisotopic (exact) mass is 135 g/mol. The van der Waals surface area contributed by atoms with E-state index in [1.54, 1.807) is 6.26 Å². The fraction of sp³-hybridized carbons (Fsp3) is 1.00. The molecule has 0 saturated heterocycles. The number of rotatable bonds is 1. The molecule has 3 heteroatoms. The first-order valence-corrected chi connectivity index (χ1v) is 4.09. The van der Waals surface area contributed by atoms with Crippen LogP contribution in [0.5, 0.6) is 0 Å². The van der Waals surface area contributed by atoms with Crippen LogP contribution in [-0.4, -0.2) is 16.0 Å². The van der Waals surface area contributed by atoms with Crippen LogP contribution in [0.3, 0.4) is 0 Å². The maximum Gasteiger partial charge on any atom is 0.0888 e. The summed E-state index contributed by atoms with van der Waals surface area (Å²) in [4.78, 5) is 0. The van der Waals surface area contributed by atoms with Crippen molar-refractivity contribution in [1.29, 1.82) is 0 Å². The average Bonchev–Trinajstić information content (AvgIpc) is 1.21. The van der Waals surface area contributed by atoms with Gasteiger partial charge in [-0.15, -0.1) is 0 Å². The van der Waals surface area contributed by atoms with Gasteiger partial charge in [0.15, 0.2) is 0 Å². The van der Waals surface area contributed by atoms with Crippen LogP contribution in [0, 0.1) is 0 Å². The second kappa shape index (κ2) is 2.60. The van der Waals surface area contributed by atoms with E-state index in [9.17, 15) is 4.21 Å². The maximum absolute atomic E-state index is 10.5. The van der Waals surface area contributed by atoms with Crippen LogP contribution in [0.4, 0.5) is 0 Å². The normalized spacial score (nSPS) is 16.0. The minimum atomic E-state index is -0.885. The highest BCUT2D eigenvalue weighted by atomic mass is 32.2. The van der Waals surface area contributed by atoms with Gasteiger partial charge in [-0.25, -0.2) is 8.93 Å². The molecule has 0 amide bonds. The van der Waals surface area contributed by atoms with Crippen LogP contribution >= 0.6 is 0 Å². The highest BCUT2D eigenvalue weighted by Crippen LogP contribution is 1.97. The number of hydrogen-bond donors (Lipinski definition) is 1. The molecule has 1 atom stereocenters. The molecule has 0 aromatic heterocycles. The first kappa shape index (κ1) is 8.11. The summed E-state index contributed by atoms with van der Waals surface area (Å²) < 4.78 is 13.3. The lowest BCUT2D eigenvalue weighted by atomic mass is 10.1. The van der Waals surface area contributed by atoms with Crippen LogP contribution in [0.15, 0.2) is 0 Å². The van der Waals surface area contributed by atoms with E-state index < -0.39 is 11.0 Å². The molecule has 0 aliphatic rings. The van der Waals surface area contributed by atoms with Crippen molar-refractivity contribution in [2.45, 2.75) is 26.3 Å². The SMILES string of the molecule is CS(=O)NC(C)(C)C. The predicted molar refractivity (Wildman–Crippen MR) is 37.0 cm³/mol. The first-order chi connectivity index (χ1) is 3.42. The molecule has 0 bridgehead atoms. The Hall–Kier alpha value is 0.110. The third-order valence-corrected chi connectivity index (χ3v) is 1.35. The van der Waals surface area contributed by atoms with Crippen molar-refractivity contribution in [2.75, 3.05) is 6.26 Å². The topological polar surface area (TPSA) is 29.1 Å². The van der Waals surface area contributed by atoms with Crippen molar-refractivity contribution in [3.05, 3.63) is 0 Å². The molecule has 1 unspecified atom stereocenters. The zero-order chi connectivity index (χ0) is 6.78. The van der Waals surface area contributed by atoms with Gasteiger partial charge in [0.25, 0.3) is 0 Å². The first-order valence-electron chi connectivity index (χ1n) is 2.53. The van der Waals surface area contributed by atoms with Gasteiger partial charge in [0, 0.05) is 11.8 Å². The fourth-order valence-corrected chi connectivity index (χ4v) is 1.29. The molecule has 0 heterocycles. The smallest absolute Gasteiger partial charge is 0.0888 e. The molecular weight excluding hydrogens is 122 g/mol. The minimum Gasteiger partial charge on any atom is -0.243 e. The largest absolute Gasteiger partial charge is 0.243 e. The summed E-state index contributed by atoms with van der Waals surface area (Å²) in [6.45, 7) is 5.94.